The van der Waals surface area contributed by atoms with Gasteiger partial charge in [-0.05, 0) is 36.1 Å². The molecule has 22 heavy (non-hydrogen) atoms. The smallest absolute Gasteiger partial charge is 0.263 e. The summed E-state index contributed by atoms with van der Waals surface area (Å²) in [5.41, 5.74) is 2.63. The number of benzene rings is 2. The maximum Gasteiger partial charge on any atom is 0.263 e. The Morgan fingerprint density at radius 3 is 2.59 bits per heavy atom. The molecule has 2 aromatic carbocycles. The molecule has 4 rings (SSSR count). The van der Waals surface area contributed by atoms with E-state index < -0.39 is 0 Å². The lowest BCUT2D eigenvalue weighted by Gasteiger charge is -2.10. The lowest BCUT2D eigenvalue weighted by atomic mass is 10.1. The SMILES string of the molecule is Cc1cccc2ccn(-c3cccc4cccnc34)c(=O)c12. The van der Waals surface area contributed by atoms with Gasteiger partial charge in [0.2, 0.25) is 0 Å². The van der Waals surface area contributed by atoms with Crippen LogP contribution in [0.1, 0.15) is 5.56 Å². The predicted octanol–water partition coefficient (Wildman–Crippen LogP) is 3.85. The molecule has 0 unspecified atom stereocenters. The van der Waals surface area contributed by atoms with E-state index in [0.29, 0.717) is 0 Å². The molecule has 0 bridgehead atoms. The van der Waals surface area contributed by atoms with E-state index in [1.54, 1.807) is 10.8 Å². The van der Waals surface area contributed by atoms with E-state index in [2.05, 4.69) is 4.98 Å². The number of hydrogen-bond acceptors (Lipinski definition) is 2. The van der Waals surface area contributed by atoms with E-state index >= 15 is 0 Å². The van der Waals surface area contributed by atoms with Crippen molar-refractivity contribution in [3.8, 4) is 5.69 Å². The third-order valence-corrected chi connectivity index (χ3v) is 4.01. The molecule has 2 aromatic heterocycles. The Balaban J connectivity index is 2.12. The quantitative estimate of drug-likeness (QED) is 0.533. The average molecular weight is 286 g/mol. The first-order valence-electron chi connectivity index (χ1n) is 7.21. The van der Waals surface area contributed by atoms with Gasteiger partial charge in [0.05, 0.1) is 16.6 Å². The molecule has 0 fully saturated rings. The second-order valence-corrected chi connectivity index (χ2v) is 5.38. The fraction of sp³-hybridized carbons (Fsp3) is 0.0526. The molecular formula is C19H14N2O. The second-order valence-electron chi connectivity index (χ2n) is 5.38. The van der Waals surface area contributed by atoms with E-state index in [-0.39, 0.29) is 5.56 Å². The van der Waals surface area contributed by atoms with Crippen LogP contribution in [-0.4, -0.2) is 9.55 Å². The summed E-state index contributed by atoms with van der Waals surface area (Å²) < 4.78 is 1.69. The van der Waals surface area contributed by atoms with Gasteiger partial charge < -0.3 is 0 Å². The zero-order chi connectivity index (χ0) is 15.1. The van der Waals surface area contributed by atoms with Crippen LogP contribution in [0, 0.1) is 6.92 Å². The number of pyridine rings is 2. The monoisotopic (exact) mass is 286 g/mol. The number of para-hydroxylation sites is 1. The highest BCUT2D eigenvalue weighted by Gasteiger charge is 2.09. The predicted molar refractivity (Wildman–Crippen MR) is 89.6 cm³/mol. The molecule has 4 aromatic rings. The minimum atomic E-state index is -0.00578. The van der Waals surface area contributed by atoms with E-state index in [9.17, 15) is 4.79 Å². The number of hydrogen-bond donors (Lipinski definition) is 0. The third kappa shape index (κ3) is 1.83. The first-order valence-corrected chi connectivity index (χ1v) is 7.21. The Kier molecular flexibility index (Phi) is 2.79. The van der Waals surface area contributed by atoms with Gasteiger partial charge >= 0.3 is 0 Å². The van der Waals surface area contributed by atoms with Crippen molar-refractivity contribution in [1.29, 1.82) is 0 Å². The molecule has 0 aliphatic heterocycles. The van der Waals surface area contributed by atoms with Gasteiger partial charge in [0.15, 0.2) is 0 Å². The molecule has 0 aliphatic carbocycles. The van der Waals surface area contributed by atoms with Crippen molar-refractivity contribution in [2.45, 2.75) is 6.92 Å². The maximum atomic E-state index is 12.9. The van der Waals surface area contributed by atoms with Gasteiger partial charge in [-0.3, -0.25) is 14.3 Å². The van der Waals surface area contributed by atoms with E-state index in [1.165, 1.54) is 0 Å². The fourth-order valence-corrected chi connectivity index (χ4v) is 2.94. The molecule has 106 valence electrons. The number of nitrogens with zero attached hydrogens (tertiary/aromatic N) is 2. The summed E-state index contributed by atoms with van der Waals surface area (Å²) in [5, 5.41) is 2.75. The normalized spacial score (nSPS) is 11.1. The lowest BCUT2D eigenvalue weighted by molar-refractivity contribution is 1.01. The van der Waals surface area contributed by atoms with Gasteiger partial charge in [-0.1, -0.05) is 36.4 Å². The Hall–Kier alpha value is -2.94. The summed E-state index contributed by atoms with van der Waals surface area (Å²) in [6, 6.07) is 17.7. The molecule has 0 saturated carbocycles. The molecule has 3 heteroatoms. The Labute approximate surface area is 127 Å². The van der Waals surface area contributed by atoms with E-state index in [4.69, 9.17) is 0 Å². The lowest BCUT2D eigenvalue weighted by Crippen LogP contribution is -2.18. The highest BCUT2D eigenvalue weighted by atomic mass is 16.1. The average Bonchev–Trinajstić information content (AvgIpc) is 2.55. The number of aromatic nitrogens is 2. The summed E-state index contributed by atoms with van der Waals surface area (Å²) in [5.74, 6) is 0. The number of fused-ring (bicyclic) bond motifs is 2. The first-order chi connectivity index (χ1) is 10.8. The Morgan fingerprint density at radius 1 is 0.909 bits per heavy atom. The summed E-state index contributed by atoms with van der Waals surface area (Å²) in [6.07, 6.45) is 3.58. The van der Waals surface area contributed by atoms with Crippen LogP contribution in [0.3, 0.4) is 0 Å². The van der Waals surface area contributed by atoms with Gasteiger partial charge in [0, 0.05) is 17.8 Å². The van der Waals surface area contributed by atoms with Crippen molar-refractivity contribution in [3.63, 3.8) is 0 Å². The van der Waals surface area contributed by atoms with Crippen molar-refractivity contribution in [1.82, 2.24) is 9.55 Å². The van der Waals surface area contributed by atoms with Crippen LogP contribution in [0.25, 0.3) is 27.4 Å². The van der Waals surface area contributed by atoms with Crippen LogP contribution in [0.15, 0.2) is 71.8 Å². The summed E-state index contributed by atoms with van der Waals surface area (Å²) >= 11 is 0. The minimum Gasteiger partial charge on any atom is -0.282 e. The highest BCUT2D eigenvalue weighted by Crippen LogP contribution is 2.20. The Bertz CT molecular complexity index is 1060. The molecule has 0 spiro atoms. The van der Waals surface area contributed by atoms with Gasteiger partial charge in [-0.25, -0.2) is 0 Å². The van der Waals surface area contributed by atoms with Gasteiger partial charge in [0.25, 0.3) is 5.56 Å². The molecular weight excluding hydrogens is 272 g/mol. The van der Waals surface area contributed by atoms with Crippen LogP contribution >= 0.6 is 0 Å². The largest absolute Gasteiger partial charge is 0.282 e. The molecule has 0 aliphatic rings. The fourth-order valence-electron chi connectivity index (χ4n) is 2.94. The summed E-state index contributed by atoms with van der Waals surface area (Å²) in [4.78, 5) is 17.4. The Morgan fingerprint density at radius 2 is 1.68 bits per heavy atom. The summed E-state index contributed by atoms with van der Waals surface area (Å²) in [6.45, 7) is 1.97. The zero-order valence-corrected chi connectivity index (χ0v) is 12.2. The van der Waals surface area contributed by atoms with Crippen molar-refractivity contribution in [2.75, 3.05) is 0 Å². The molecule has 0 radical (unpaired) electrons. The topological polar surface area (TPSA) is 34.9 Å². The second kappa shape index (κ2) is 4.81. The van der Waals surface area contributed by atoms with Crippen molar-refractivity contribution in [2.24, 2.45) is 0 Å². The molecule has 2 heterocycles. The standard InChI is InChI=1S/C19H14N2O/c1-13-5-2-6-14-10-12-21(19(22)17(13)14)16-9-3-7-15-8-4-11-20-18(15)16/h2-12H,1H3. The van der Waals surface area contributed by atoms with Crippen LogP contribution in [0.2, 0.25) is 0 Å². The molecule has 0 amide bonds. The zero-order valence-electron chi connectivity index (χ0n) is 12.2. The van der Waals surface area contributed by atoms with Crippen LogP contribution in [0.4, 0.5) is 0 Å². The van der Waals surface area contributed by atoms with E-state index in [1.807, 2.05) is 67.7 Å². The maximum absolute atomic E-state index is 12.9. The summed E-state index contributed by atoms with van der Waals surface area (Å²) in [7, 11) is 0. The van der Waals surface area contributed by atoms with Crippen molar-refractivity contribution < 1.29 is 0 Å². The third-order valence-electron chi connectivity index (χ3n) is 4.01. The highest BCUT2D eigenvalue weighted by molar-refractivity contribution is 5.88. The van der Waals surface area contributed by atoms with Gasteiger partial charge in [-0.2, -0.15) is 0 Å². The molecule has 0 saturated heterocycles. The van der Waals surface area contributed by atoms with Crippen LogP contribution in [0.5, 0.6) is 0 Å². The van der Waals surface area contributed by atoms with Crippen molar-refractivity contribution >= 4 is 21.7 Å². The van der Waals surface area contributed by atoms with Crippen molar-refractivity contribution in [3.05, 3.63) is 82.9 Å². The van der Waals surface area contributed by atoms with Gasteiger partial charge in [0.1, 0.15) is 0 Å². The molecule has 3 nitrogen and oxygen atoms in total. The number of rotatable bonds is 1. The van der Waals surface area contributed by atoms with Gasteiger partial charge in [-0.15, -0.1) is 0 Å². The first kappa shape index (κ1) is 12.8. The van der Waals surface area contributed by atoms with E-state index in [0.717, 1.165) is 32.9 Å². The number of aryl methyl sites for hydroxylation is 1. The van der Waals surface area contributed by atoms with Crippen LogP contribution in [-0.2, 0) is 0 Å². The molecule has 0 N–H and O–H groups in total. The minimum absolute atomic E-state index is 0.00578. The molecule has 0 atom stereocenters. The van der Waals surface area contributed by atoms with Crippen LogP contribution < -0.4 is 5.56 Å².